The quantitative estimate of drug-likeness (QED) is 0.709. The van der Waals surface area contributed by atoms with E-state index in [1.54, 1.807) is 6.92 Å². The molecule has 0 spiro atoms. The normalized spacial score (nSPS) is 12.9. The number of nitrogens with one attached hydrogen (secondary N) is 1. The van der Waals surface area contributed by atoms with E-state index in [-0.39, 0.29) is 24.9 Å². The third-order valence-electron chi connectivity index (χ3n) is 3.23. The van der Waals surface area contributed by atoms with Gasteiger partial charge in [-0.2, -0.15) is 0 Å². The monoisotopic (exact) mass is 342 g/mol. The molecular formula is C17H27ClN2O3. The van der Waals surface area contributed by atoms with Gasteiger partial charge in [0.05, 0.1) is 12.6 Å². The smallest absolute Gasteiger partial charge is 0.328 e. The number of carbonyl (C=O) groups excluding carboxylic acids is 2. The van der Waals surface area contributed by atoms with Gasteiger partial charge in [0.15, 0.2) is 0 Å². The SMILES string of the molecule is CCOC(=O)[C@H](Cc1ccccc1)NC(=O)[C@@H](N)CC(C)C.Cl. The maximum absolute atomic E-state index is 12.1. The number of hydrogen-bond acceptors (Lipinski definition) is 4. The van der Waals surface area contributed by atoms with Gasteiger partial charge in [0, 0.05) is 6.42 Å². The lowest BCUT2D eigenvalue weighted by Crippen LogP contribution is -2.50. The highest BCUT2D eigenvalue weighted by Crippen LogP contribution is 2.07. The summed E-state index contributed by atoms with van der Waals surface area (Å²) >= 11 is 0. The molecule has 1 rings (SSSR count). The van der Waals surface area contributed by atoms with Crippen molar-refractivity contribution in [1.29, 1.82) is 0 Å². The summed E-state index contributed by atoms with van der Waals surface area (Å²) in [7, 11) is 0. The summed E-state index contributed by atoms with van der Waals surface area (Å²) in [6.07, 6.45) is 0.965. The van der Waals surface area contributed by atoms with Gasteiger partial charge in [0.1, 0.15) is 6.04 Å². The number of carbonyl (C=O) groups is 2. The lowest BCUT2D eigenvalue weighted by molar-refractivity contribution is -0.147. The summed E-state index contributed by atoms with van der Waals surface area (Å²) in [5.74, 6) is -0.435. The van der Waals surface area contributed by atoms with Gasteiger partial charge in [-0.15, -0.1) is 12.4 Å². The summed E-state index contributed by atoms with van der Waals surface area (Å²) < 4.78 is 5.04. The minimum Gasteiger partial charge on any atom is -0.464 e. The van der Waals surface area contributed by atoms with Crippen molar-refractivity contribution in [2.45, 2.75) is 45.7 Å². The molecule has 6 heteroatoms. The molecule has 5 nitrogen and oxygen atoms in total. The summed E-state index contributed by atoms with van der Waals surface area (Å²) in [5.41, 5.74) is 6.83. The van der Waals surface area contributed by atoms with Crippen molar-refractivity contribution in [2.24, 2.45) is 11.7 Å². The highest BCUT2D eigenvalue weighted by atomic mass is 35.5. The van der Waals surface area contributed by atoms with Crippen molar-refractivity contribution in [2.75, 3.05) is 6.61 Å². The van der Waals surface area contributed by atoms with Gasteiger partial charge >= 0.3 is 5.97 Å². The van der Waals surface area contributed by atoms with Crippen LogP contribution >= 0.6 is 12.4 Å². The second-order valence-electron chi connectivity index (χ2n) is 5.74. The fraction of sp³-hybridized carbons (Fsp3) is 0.529. The van der Waals surface area contributed by atoms with Crippen molar-refractivity contribution in [3.63, 3.8) is 0 Å². The molecular weight excluding hydrogens is 316 g/mol. The van der Waals surface area contributed by atoms with E-state index in [1.807, 2.05) is 44.2 Å². The zero-order chi connectivity index (χ0) is 16.5. The minimum atomic E-state index is -0.715. The summed E-state index contributed by atoms with van der Waals surface area (Å²) in [6.45, 7) is 6.02. The Morgan fingerprint density at radius 2 is 1.83 bits per heavy atom. The number of halogens is 1. The minimum absolute atomic E-state index is 0. The van der Waals surface area contributed by atoms with E-state index in [0.29, 0.717) is 18.8 Å². The predicted octanol–water partition coefficient (Wildman–Crippen LogP) is 2.07. The molecule has 0 fully saturated rings. The summed E-state index contributed by atoms with van der Waals surface area (Å²) in [5, 5.41) is 2.72. The summed E-state index contributed by atoms with van der Waals surface area (Å²) in [4.78, 5) is 24.2. The first kappa shape index (κ1) is 21.4. The van der Waals surface area contributed by atoms with E-state index in [0.717, 1.165) is 5.56 Å². The largest absolute Gasteiger partial charge is 0.464 e. The van der Waals surface area contributed by atoms with Gasteiger partial charge in [-0.1, -0.05) is 44.2 Å². The predicted molar refractivity (Wildman–Crippen MR) is 93.4 cm³/mol. The first-order chi connectivity index (χ1) is 10.4. The average molecular weight is 343 g/mol. The molecule has 0 bridgehead atoms. The van der Waals surface area contributed by atoms with Crippen molar-refractivity contribution in [3.8, 4) is 0 Å². The Labute approximate surface area is 144 Å². The van der Waals surface area contributed by atoms with Crippen LogP contribution < -0.4 is 11.1 Å². The number of hydrogen-bond donors (Lipinski definition) is 2. The number of amides is 1. The number of benzene rings is 1. The van der Waals surface area contributed by atoms with Crippen LogP contribution in [0.2, 0.25) is 0 Å². The van der Waals surface area contributed by atoms with Gasteiger partial charge in [0.2, 0.25) is 5.91 Å². The topological polar surface area (TPSA) is 81.4 Å². The van der Waals surface area contributed by atoms with E-state index in [2.05, 4.69) is 5.32 Å². The zero-order valence-corrected chi connectivity index (χ0v) is 14.8. The van der Waals surface area contributed by atoms with Crippen LogP contribution in [-0.2, 0) is 20.7 Å². The Morgan fingerprint density at radius 3 is 2.35 bits per heavy atom. The maximum atomic E-state index is 12.1. The zero-order valence-electron chi connectivity index (χ0n) is 14.0. The third kappa shape index (κ3) is 8.00. The number of rotatable bonds is 8. The van der Waals surface area contributed by atoms with Crippen LogP contribution in [0.3, 0.4) is 0 Å². The van der Waals surface area contributed by atoms with Crippen LogP contribution in [0.5, 0.6) is 0 Å². The highest BCUT2D eigenvalue weighted by Gasteiger charge is 2.25. The standard InChI is InChI=1S/C17H26N2O3.ClH/c1-4-22-17(21)15(11-13-8-6-5-7-9-13)19-16(20)14(18)10-12(2)3;/h5-9,12,14-15H,4,10-11,18H2,1-3H3,(H,19,20);1H/t14-,15-;/m0./s1. The van der Waals surface area contributed by atoms with Crippen LogP contribution in [-0.4, -0.2) is 30.6 Å². The Balaban J connectivity index is 0.00000484. The van der Waals surface area contributed by atoms with Crippen LogP contribution in [0.1, 0.15) is 32.8 Å². The fourth-order valence-corrected chi connectivity index (χ4v) is 2.18. The van der Waals surface area contributed by atoms with Gasteiger partial charge in [-0.3, -0.25) is 4.79 Å². The van der Waals surface area contributed by atoms with E-state index in [4.69, 9.17) is 10.5 Å². The number of esters is 1. The van der Waals surface area contributed by atoms with E-state index >= 15 is 0 Å². The molecule has 1 aromatic rings. The molecule has 0 unspecified atom stereocenters. The molecule has 2 atom stereocenters. The second-order valence-corrected chi connectivity index (χ2v) is 5.74. The van der Waals surface area contributed by atoms with Crippen LogP contribution in [0, 0.1) is 5.92 Å². The van der Waals surface area contributed by atoms with E-state index in [9.17, 15) is 9.59 Å². The van der Waals surface area contributed by atoms with Crippen LogP contribution in [0.15, 0.2) is 30.3 Å². The molecule has 0 saturated heterocycles. The fourth-order valence-electron chi connectivity index (χ4n) is 2.18. The first-order valence-electron chi connectivity index (χ1n) is 7.70. The van der Waals surface area contributed by atoms with Crippen LogP contribution in [0.4, 0.5) is 0 Å². The molecule has 23 heavy (non-hydrogen) atoms. The molecule has 0 aliphatic carbocycles. The second kappa shape index (κ2) is 11.0. The molecule has 0 aliphatic heterocycles. The van der Waals surface area contributed by atoms with Crippen molar-refractivity contribution >= 4 is 24.3 Å². The third-order valence-corrected chi connectivity index (χ3v) is 3.23. The number of ether oxygens (including phenoxy) is 1. The van der Waals surface area contributed by atoms with Gasteiger partial charge in [0.25, 0.3) is 0 Å². The Morgan fingerprint density at radius 1 is 1.22 bits per heavy atom. The summed E-state index contributed by atoms with van der Waals surface area (Å²) in [6, 6.07) is 8.17. The van der Waals surface area contributed by atoms with Gasteiger partial charge < -0.3 is 15.8 Å². The lowest BCUT2D eigenvalue weighted by atomic mass is 10.0. The first-order valence-corrected chi connectivity index (χ1v) is 7.70. The molecule has 0 heterocycles. The molecule has 1 aromatic carbocycles. The Kier molecular flexibility index (Phi) is 10.3. The molecule has 0 aromatic heterocycles. The van der Waals surface area contributed by atoms with Gasteiger partial charge in [-0.05, 0) is 24.8 Å². The Hall–Kier alpha value is -1.59. The Bertz CT molecular complexity index is 480. The van der Waals surface area contributed by atoms with Crippen LogP contribution in [0.25, 0.3) is 0 Å². The van der Waals surface area contributed by atoms with Crippen molar-refractivity contribution in [3.05, 3.63) is 35.9 Å². The number of nitrogens with two attached hydrogens (primary N) is 1. The molecule has 0 radical (unpaired) electrons. The molecule has 130 valence electrons. The molecule has 1 amide bonds. The highest BCUT2D eigenvalue weighted by molar-refractivity contribution is 5.87. The van der Waals surface area contributed by atoms with E-state index in [1.165, 1.54) is 0 Å². The molecule has 0 aliphatic rings. The van der Waals surface area contributed by atoms with Crippen molar-refractivity contribution < 1.29 is 14.3 Å². The maximum Gasteiger partial charge on any atom is 0.328 e. The van der Waals surface area contributed by atoms with Crippen molar-refractivity contribution in [1.82, 2.24) is 5.32 Å². The molecule has 3 N–H and O–H groups in total. The average Bonchev–Trinajstić information content (AvgIpc) is 2.47. The van der Waals surface area contributed by atoms with E-state index < -0.39 is 18.1 Å². The van der Waals surface area contributed by atoms with Gasteiger partial charge in [-0.25, -0.2) is 4.79 Å². The molecule has 0 saturated carbocycles. The lowest BCUT2D eigenvalue weighted by Gasteiger charge is -2.20.